The van der Waals surface area contributed by atoms with Crippen molar-refractivity contribution in [3.05, 3.63) is 84.4 Å². The number of amides is 1. The van der Waals surface area contributed by atoms with Gasteiger partial charge in [-0.1, -0.05) is 24.3 Å². The van der Waals surface area contributed by atoms with Gasteiger partial charge in [-0.15, -0.1) is 0 Å². The van der Waals surface area contributed by atoms with E-state index in [1.807, 2.05) is 30.3 Å². The molecule has 8 heteroatoms. The highest BCUT2D eigenvalue weighted by Crippen LogP contribution is 2.22. The lowest BCUT2D eigenvalue weighted by Gasteiger charge is -2.09. The number of alkyl halides is 2. The van der Waals surface area contributed by atoms with Crippen LogP contribution in [-0.4, -0.2) is 25.1 Å². The number of benzene rings is 3. The number of esters is 1. The van der Waals surface area contributed by atoms with E-state index in [2.05, 4.69) is 10.1 Å². The summed E-state index contributed by atoms with van der Waals surface area (Å²) in [5, 5.41) is 2.58. The van der Waals surface area contributed by atoms with Gasteiger partial charge in [0.25, 0.3) is 5.91 Å². The van der Waals surface area contributed by atoms with Crippen molar-refractivity contribution in [3.63, 3.8) is 0 Å². The number of carbonyl (C=O) groups is 2. The van der Waals surface area contributed by atoms with Crippen LogP contribution in [0.15, 0.2) is 78.9 Å². The first kappa shape index (κ1) is 20.8. The van der Waals surface area contributed by atoms with Crippen LogP contribution in [-0.2, 0) is 9.53 Å². The number of halogens is 2. The average molecular weight is 413 g/mol. The molecule has 0 aliphatic rings. The zero-order valence-electron chi connectivity index (χ0n) is 15.6. The number of hydrogen-bond donors (Lipinski definition) is 1. The number of hydrogen-bond acceptors (Lipinski definition) is 5. The van der Waals surface area contributed by atoms with Crippen LogP contribution in [0.5, 0.6) is 17.2 Å². The molecular weight excluding hydrogens is 396 g/mol. The Kier molecular flexibility index (Phi) is 6.94. The lowest BCUT2D eigenvalue weighted by molar-refractivity contribution is -0.119. The van der Waals surface area contributed by atoms with Gasteiger partial charge in [-0.05, 0) is 54.6 Å². The van der Waals surface area contributed by atoms with Crippen molar-refractivity contribution in [3.8, 4) is 17.2 Å². The van der Waals surface area contributed by atoms with Crippen molar-refractivity contribution in [2.24, 2.45) is 0 Å². The number of rotatable bonds is 8. The number of anilines is 1. The third-order valence-electron chi connectivity index (χ3n) is 3.75. The molecule has 0 aliphatic carbocycles. The highest BCUT2D eigenvalue weighted by Gasteiger charge is 2.13. The fourth-order valence-electron chi connectivity index (χ4n) is 2.44. The maximum atomic E-state index is 12.2. The second-order valence-corrected chi connectivity index (χ2v) is 5.97. The molecule has 0 saturated carbocycles. The lowest BCUT2D eigenvalue weighted by Crippen LogP contribution is -2.20. The molecule has 0 aliphatic heterocycles. The minimum atomic E-state index is -3.01. The molecule has 0 saturated heterocycles. The van der Waals surface area contributed by atoms with E-state index in [-0.39, 0.29) is 11.3 Å². The van der Waals surface area contributed by atoms with Crippen LogP contribution in [0, 0.1) is 0 Å². The van der Waals surface area contributed by atoms with Crippen molar-refractivity contribution in [2.75, 3.05) is 11.9 Å². The van der Waals surface area contributed by atoms with E-state index in [0.29, 0.717) is 17.2 Å². The van der Waals surface area contributed by atoms with Gasteiger partial charge >= 0.3 is 12.6 Å². The molecule has 6 nitrogen and oxygen atoms in total. The van der Waals surface area contributed by atoms with Gasteiger partial charge in [-0.3, -0.25) is 4.79 Å². The summed E-state index contributed by atoms with van der Waals surface area (Å²) in [7, 11) is 0. The van der Waals surface area contributed by atoms with Crippen LogP contribution in [0.25, 0.3) is 0 Å². The van der Waals surface area contributed by atoms with Crippen LogP contribution in [0.2, 0.25) is 0 Å². The van der Waals surface area contributed by atoms with Gasteiger partial charge < -0.3 is 19.5 Å². The number of para-hydroxylation sites is 1. The summed E-state index contributed by atoms with van der Waals surface area (Å²) in [5.74, 6) is -0.293. The second kappa shape index (κ2) is 10.0. The normalized spacial score (nSPS) is 10.4. The predicted molar refractivity (Wildman–Crippen MR) is 105 cm³/mol. The maximum absolute atomic E-state index is 12.2. The molecule has 154 valence electrons. The Morgan fingerprint density at radius 3 is 2.20 bits per heavy atom. The van der Waals surface area contributed by atoms with E-state index in [1.54, 1.807) is 24.3 Å². The maximum Gasteiger partial charge on any atom is 0.387 e. The molecular formula is C22H17F2NO5. The van der Waals surface area contributed by atoms with E-state index in [1.165, 1.54) is 18.2 Å². The van der Waals surface area contributed by atoms with Crippen molar-refractivity contribution in [1.29, 1.82) is 0 Å². The zero-order valence-corrected chi connectivity index (χ0v) is 15.6. The molecule has 30 heavy (non-hydrogen) atoms. The van der Waals surface area contributed by atoms with Gasteiger partial charge in [-0.25, -0.2) is 4.79 Å². The summed E-state index contributed by atoms with van der Waals surface area (Å²) < 4.78 is 39.3. The smallest absolute Gasteiger partial charge is 0.387 e. The molecule has 0 heterocycles. The summed E-state index contributed by atoms with van der Waals surface area (Å²) in [6, 6.07) is 21.0. The van der Waals surface area contributed by atoms with Crippen LogP contribution in [0.1, 0.15) is 10.4 Å². The fourth-order valence-corrected chi connectivity index (χ4v) is 2.44. The van der Waals surface area contributed by atoms with E-state index in [0.717, 1.165) is 6.07 Å². The Balaban J connectivity index is 1.49. The molecule has 1 N–H and O–H groups in total. The summed E-state index contributed by atoms with van der Waals surface area (Å²) in [6.45, 7) is -3.55. The lowest BCUT2D eigenvalue weighted by atomic mass is 10.2. The third kappa shape index (κ3) is 6.30. The molecule has 3 aromatic carbocycles. The molecule has 0 aromatic heterocycles. The molecule has 0 radical (unpaired) electrons. The molecule has 0 bridgehead atoms. The zero-order chi connectivity index (χ0) is 21.3. The molecule has 0 unspecified atom stereocenters. The molecule has 3 aromatic rings. The van der Waals surface area contributed by atoms with Crippen molar-refractivity contribution in [1.82, 2.24) is 0 Å². The Morgan fingerprint density at radius 1 is 0.833 bits per heavy atom. The number of nitrogens with one attached hydrogen (secondary N) is 1. The summed E-state index contributed by atoms with van der Waals surface area (Å²) in [5.41, 5.74) is 0.479. The van der Waals surface area contributed by atoms with Gasteiger partial charge in [0.05, 0.1) is 5.56 Å². The van der Waals surface area contributed by atoms with E-state index in [9.17, 15) is 18.4 Å². The topological polar surface area (TPSA) is 73.9 Å². The number of carbonyl (C=O) groups excluding carboxylic acids is 2. The molecule has 0 fully saturated rings. The Labute approximate surface area is 171 Å². The Bertz CT molecular complexity index is 994. The molecule has 0 spiro atoms. The summed E-state index contributed by atoms with van der Waals surface area (Å²) >= 11 is 0. The number of ether oxygens (including phenoxy) is 3. The van der Waals surface area contributed by atoms with Gasteiger partial charge in [0.15, 0.2) is 6.61 Å². The fraction of sp³-hybridized carbons (Fsp3) is 0.0909. The minimum Gasteiger partial charge on any atom is -0.457 e. The quantitative estimate of drug-likeness (QED) is 0.533. The van der Waals surface area contributed by atoms with E-state index in [4.69, 9.17) is 9.47 Å². The van der Waals surface area contributed by atoms with Crippen molar-refractivity contribution >= 4 is 17.6 Å². The van der Waals surface area contributed by atoms with Gasteiger partial charge in [0.1, 0.15) is 17.2 Å². The van der Waals surface area contributed by atoms with Crippen LogP contribution >= 0.6 is 0 Å². The second-order valence-electron chi connectivity index (χ2n) is 5.97. The molecule has 0 atom stereocenters. The monoisotopic (exact) mass is 413 g/mol. The average Bonchev–Trinajstić information content (AvgIpc) is 2.74. The van der Waals surface area contributed by atoms with Gasteiger partial charge in [0, 0.05) is 5.69 Å². The highest BCUT2D eigenvalue weighted by molar-refractivity contribution is 5.95. The third-order valence-corrected chi connectivity index (χ3v) is 3.75. The van der Waals surface area contributed by atoms with Gasteiger partial charge in [-0.2, -0.15) is 8.78 Å². The standard InChI is InChI=1S/C22H17F2NO5/c23-22(24)30-19-8-4-5-15(13-19)21(27)28-14-20(26)25-16-9-11-18(12-10-16)29-17-6-2-1-3-7-17/h1-13,22H,14H2,(H,25,26). The summed E-state index contributed by atoms with van der Waals surface area (Å²) in [6.07, 6.45) is 0. The first-order chi connectivity index (χ1) is 14.5. The largest absolute Gasteiger partial charge is 0.457 e. The van der Waals surface area contributed by atoms with Gasteiger partial charge in [0.2, 0.25) is 0 Å². The SMILES string of the molecule is O=C(COC(=O)c1cccc(OC(F)F)c1)Nc1ccc(Oc2ccccc2)cc1. The molecule has 3 rings (SSSR count). The Morgan fingerprint density at radius 2 is 1.50 bits per heavy atom. The summed E-state index contributed by atoms with van der Waals surface area (Å²) in [4.78, 5) is 24.0. The van der Waals surface area contributed by atoms with Crippen LogP contribution in [0.4, 0.5) is 14.5 Å². The Hall–Kier alpha value is -3.94. The predicted octanol–water partition coefficient (Wildman–Crippen LogP) is 4.88. The van der Waals surface area contributed by atoms with Crippen LogP contribution in [0.3, 0.4) is 0 Å². The highest BCUT2D eigenvalue weighted by atomic mass is 19.3. The first-order valence-corrected chi connectivity index (χ1v) is 8.84. The molecule has 1 amide bonds. The van der Waals surface area contributed by atoms with Crippen molar-refractivity contribution in [2.45, 2.75) is 6.61 Å². The first-order valence-electron chi connectivity index (χ1n) is 8.84. The van der Waals surface area contributed by atoms with E-state index >= 15 is 0 Å². The van der Waals surface area contributed by atoms with Crippen molar-refractivity contribution < 1.29 is 32.6 Å². The van der Waals surface area contributed by atoms with Crippen LogP contribution < -0.4 is 14.8 Å². The van der Waals surface area contributed by atoms with E-state index < -0.39 is 25.1 Å². The minimum absolute atomic E-state index is 0.0108.